The Morgan fingerprint density at radius 2 is 1.92 bits per heavy atom. The monoisotopic (exact) mass is 475 g/mol. The molecule has 0 aliphatic rings. The van der Waals surface area contributed by atoms with Gasteiger partial charge in [0.1, 0.15) is 5.82 Å². The standard InChI is InChI=1S/C18H26FN5O.HI/c1-12-16(13(2)24(4)23-12)10-21-18(20-3)22-11-17(25-5)14-6-8-15(19)9-7-14;/h6-9,17H,10-11H2,1-5H3,(H2,20,21,22);1H. The highest BCUT2D eigenvalue weighted by Crippen LogP contribution is 2.16. The minimum atomic E-state index is -0.258. The van der Waals surface area contributed by atoms with E-state index in [2.05, 4.69) is 20.7 Å². The smallest absolute Gasteiger partial charge is 0.191 e. The number of nitrogens with one attached hydrogen (secondary N) is 2. The lowest BCUT2D eigenvalue weighted by molar-refractivity contribution is 0.106. The fraction of sp³-hybridized carbons (Fsp3) is 0.444. The van der Waals surface area contributed by atoms with Crippen LogP contribution in [0.4, 0.5) is 4.39 Å². The Bertz CT molecular complexity index is 730. The third-order valence-corrected chi connectivity index (χ3v) is 4.30. The van der Waals surface area contributed by atoms with Gasteiger partial charge >= 0.3 is 0 Å². The zero-order valence-electron chi connectivity index (χ0n) is 15.8. The van der Waals surface area contributed by atoms with E-state index in [0.717, 1.165) is 22.5 Å². The second kappa shape index (κ2) is 10.5. The summed E-state index contributed by atoms with van der Waals surface area (Å²) in [5.41, 5.74) is 4.20. The highest BCUT2D eigenvalue weighted by atomic mass is 127. The molecule has 2 N–H and O–H groups in total. The van der Waals surface area contributed by atoms with E-state index < -0.39 is 0 Å². The van der Waals surface area contributed by atoms with Gasteiger partial charge in [-0.1, -0.05) is 12.1 Å². The summed E-state index contributed by atoms with van der Waals surface area (Å²) in [5, 5.41) is 10.9. The van der Waals surface area contributed by atoms with Crippen molar-refractivity contribution < 1.29 is 9.13 Å². The van der Waals surface area contributed by atoms with Gasteiger partial charge in [-0.05, 0) is 31.5 Å². The first-order valence-electron chi connectivity index (χ1n) is 8.18. The van der Waals surface area contributed by atoms with Crippen LogP contribution < -0.4 is 10.6 Å². The maximum atomic E-state index is 13.1. The Balaban J connectivity index is 0.00000338. The van der Waals surface area contributed by atoms with Crippen molar-refractivity contribution in [3.63, 3.8) is 0 Å². The first-order chi connectivity index (χ1) is 12.0. The van der Waals surface area contributed by atoms with Gasteiger partial charge in [0.05, 0.1) is 11.8 Å². The molecular weight excluding hydrogens is 448 g/mol. The summed E-state index contributed by atoms with van der Waals surface area (Å²) in [6, 6.07) is 6.32. The molecule has 1 unspecified atom stereocenters. The molecule has 8 heteroatoms. The molecule has 0 radical (unpaired) electrons. The van der Waals surface area contributed by atoms with Gasteiger partial charge in [0.15, 0.2) is 5.96 Å². The van der Waals surface area contributed by atoms with Gasteiger partial charge in [-0.15, -0.1) is 24.0 Å². The third kappa shape index (κ3) is 5.66. The fourth-order valence-electron chi connectivity index (χ4n) is 2.67. The van der Waals surface area contributed by atoms with Crippen molar-refractivity contribution in [2.75, 3.05) is 20.7 Å². The summed E-state index contributed by atoms with van der Waals surface area (Å²) < 4.78 is 20.4. The number of aromatic nitrogens is 2. The molecule has 0 amide bonds. The zero-order chi connectivity index (χ0) is 18.4. The highest BCUT2D eigenvalue weighted by Gasteiger charge is 2.13. The van der Waals surface area contributed by atoms with Gasteiger partial charge < -0.3 is 15.4 Å². The van der Waals surface area contributed by atoms with E-state index >= 15 is 0 Å². The molecule has 1 atom stereocenters. The van der Waals surface area contributed by atoms with Crippen molar-refractivity contribution in [2.24, 2.45) is 12.0 Å². The predicted octanol–water partition coefficient (Wildman–Crippen LogP) is 2.85. The Hall–Kier alpha value is -1.68. The van der Waals surface area contributed by atoms with Gasteiger partial charge in [-0.3, -0.25) is 9.67 Å². The topological polar surface area (TPSA) is 63.5 Å². The van der Waals surface area contributed by atoms with Crippen molar-refractivity contribution in [1.82, 2.24) is 20.4 Å². The molecule has 1 aromatic carbocycles. The molecular formula is C18H27FIN5O. The molecule has 2 aromatic rings. The number of aliphatic imine (C=N–C) groups is 1. The van der Waals surface area contributed by atoms with Crippen LogP contribution >= 0.6 is 24.0 Å². The number of halogens is 2. The summed E-state index contributed by atoms with van der Waals surface area (Å²) in [6.45, 7) is 5.20. The van der Waals surface area contributed by atoms with Gasteiger partial charge in [0, 0.05) is 45.6 Å². The van der Waals surface area contributed by atoms with Crippen LogP contribution in [0.5, 0.6) is 0 Å². The lowest BCUT2D eigenvalue weighted by Crippen LogP contribution is -2.39. The minimum Gasteiger partial charge on any atom is -0.375 e. The van der Waals surface area contributed by atoms with Crippen molar-refractivity contribution >= 4 is 29.9 Å². The van der Waals surface area contributed by atoms with Gasteiger partial charge in [-0.2, -0.15) is 5.10 Å². The molecule has 0 aliphatic heterocycles. The van der Waals surface area contributed by atoms with E-state index in [9.17, 15) is 4.39 Å². The number of ether oxygens (including phenoxy) is 1. The molecule has 1 aromatic heterocycles. The summed E-state index contributed by atoms with van der Waals surface area (Å²) in [4.78, 5) is 4.23. The van der Waals surface area contributed by atoms with E-state index in [0.29, 0.717) is 19.0 Å². The summed E-state index contributed by atoms with van der Waals surface area (Å²) in [6.07, 6.45) is -0.194. The molecule has 0 saturated carbocycles. The van der Waals surface area contributed by atoms with E-state index in [1.165, 1.54) is 12.1 Å². The Labute approximate surface area is 171 Å². The Morgan fingerprint density at radius 1 is 1.27 bits per heavy atom. The van der Waals surface area contributed by atoms with Crippen LogP contribution in [0.2, 0.25) is 0 Å². The first-order valence-corrected chi connectivity index (χ1v) is 8.18. The predicted molar refractivity (Wildman–Crippen MR) is 112 cm³/mol. The number of rotatable bonds is 6. The zero-order valence-corrected chi connectivity index (χ0v) is 18.2. The second-order valence-electron chi connectivity index (χ2n) is 5.86. The number of hydrogen-bond acceptors (Lipinski definition) is 3. The Morgan fingerprint density at radius 3 is 2.42 bits per heavy atom. The lowest BCUT2D eigenvalue weighted by atomic mass is 10.1. The van der Waals surface area contributed by atoms with Crippen LogP contribution in [0, 0.1) is 19.7 Å². The second-order valence-corrected chi connectivity index (χ2v) is 5.86. The summed E-state index contributed by atoms with van der Waals surface area (Å²) in [7, 11) is 5.29. The summed E-state index contributed by atoms with van der Waals surface area (Å²) in [5.74, 6) is 0.415. The van der Waals surface area contributed by atoms with E-state index in [4.69, 9.17) is 4.74 Å². The third-order valence-electron chi connectivity index (χ3n) is 4.30. The van der Waals surface area contributed by atoms with Crippen molar-refractivity contribution in [1.29, 1.82) is 0 Å². The molecule has 0 spiro atoms. The number of nitrogens with zero attached hydrogens (tertiary/aromatic N) is 3. The van der Waals surface area contributed by atoms with Crippen molar-refractivity contribution in [3.8, 4) is 0 Å². The minimum absolute atomic E-state index is 0. The number of benzene rings is 1. The fourth-order valence-corrected chi connectivity index (χ4v) is 2.67. The average molecular weight is 475 g/mol. The SMILES string of the molecule is CN=C(NCc1c(C)nn(C)c1C)NCC(OC)c1ccc(F)cc1.I. The molecule has 0 bridgehead atoms. The van der Waals surface area contributed by atoms with Crippen LogP contribution in [-0.4, -0.2) is 36.4 Å². The van der Waals surface area contributed by atoms with Crippen LogP contribution in [0.15, 0.2) is 29.3 Å². The number of guanidine groups is 1. The molecule has 26 heavy (non-hydrogen) atoms. The van der Waals surface area contributed by atoms with E-state index in [1.54, 1.807) is 26.3 Å². The number of hydrogen-bond donors (Lipinski definition) is 2. The highest BCUT2D eigenvalue weighted by molar-refractivity contribution is 14.0. The van der Waals surface area contributed by atoms with Crippen LogP contribution in [0.1, 0.15) is 28.6 Å². The van der Waals surface area contributed by atoms with Crippen molar-refractivity contribution in [3.05, 3.63) is 52.6 Å². The first kappa shape index (κ1) is 22.4. The van der Waals surface area contributed by atoms with Crippen molar-refractivity contribution in [2.45, 2.75) is 26.5 Å². The molecule has 2 rings (SSSR count). The largest absolute Gasteiger partial charge is 0.375 e. The van der Waals surface area contributed by atoms with Crippen LogP contribution in [0.3, 0.4) is 0 Å². The molecule has 0 saturated heterocycles. The molecule has 0 aliphatic carbocycles. The van der Waals surface area contributed by atoms with Gasteiger partial charge in [0.25, 0.3) is 0 Å². The molecule has 1 heterocycles. The van der Waals surface area contributed by atoms with Gasteiger partial charge in [0.2, 0.25) is 0 Å². The number of methoxy groups -OCH3 is 1. The summed E-state index contributed by atoms with van der Waals surface area (Å²) >= 11 is 0. The van der Waals surface area contributed by atoms with Crippen LogP contribution in [0.25, 0.3) is 0 Å². The van der Waals surface area contributed by atoms with E-state index in [1.807, 2.05) is 25.6 Å². The van der Waals surface area contributed by atoms with E-state index in [-0.39, 0.29) is 35.9 Å². The van der Waals surface area contributed by atoms with Gasteiger partial charge in [-0.25, -0.2) is 4.39 Å². The molecule has 6 nitrogen and oxygen atoms in total. The normalized spacial score (nSPS) is 12.5. The maximum absolute atomic E-state index is 13.1. The average Bonchev–Trinajstić information content (AvgIpc) is 2.85. The molecule has 144 valence electrons. The maximum Gasteiger partial charge on any atom is 0.191 e. The lowest BCUT2D eigenvalue weighted by Gasteiger charge is -2.19. The van der Waals surface area contributed by atoms with Crippen LogP contribution in [-0.2, 0) is 18.3 Å². The molecule has 0 fully saturated rings. The quantitative estimate of drug-likeness (QED) is 0.383. The number of aryl methyl sites for hydroxylation is 2. The Kier molecular flexibility index (Phi) is 9.00.